The predicted molar refractivity (Wildman–Crippen MR) is 77.7 cm³/mol. The van der Waals surface area contributed by atoms with E-state index in [-0.39, 0.29) is 5.25 Å². The quantitative estimate of drug-likeness (QED) is 0.734. The molecule has 6 heteroatoms. The molecule has 112 valence electrons. The molecule has 1 saturated carbocycles. The van der Waals surface area contributed by atoms with E-state index in [1.807, 2.05) is 6.92 Å². The van der Waals surface area contributed by atoms with Crippen molar-refractivity contribution in [2.75, 3.05) is 45.8 Å². The third kappa shape index (κ3) is 4.15. The Balaban J connectivity index is 1.81. The molecule has 0 aromatic rings. The average Bonchev–Trinajstić information content (AvgIpc) is 3.20. The fraction of sp³-hybridized carbons (Fsp3) is 1.00. The Labute approximate surface area is 117 Å². The van der Waals surface area contributed by atoms with Crippen LogP contribution < -0.4 is 5.32 Å². The average molecular weight is 289 g/mol. The lowest BCUT2D eigenvalue weighted by Gasteiger charge is -2.35. The Morgan fingerprint density at radius 1 is 1.21 bits per heavy atom. The van der Waals surface area contributed by atoms with E-state index in [1.165, 1.54) is 19.4 Å². The summed E-state index contributed by atoms with van der Waals surface area (Å²) in [5.74, 6) is 0.885. The van der Waals surface area contributed by atoms with Crippen LogP contribution in [-0.4, -0.2) is 68.7 Å². The van der Waals surface area contributed by atoms with Crippen LogP contribution in [0.2, 0.25) is 0 Å². The van der Waals surface area contributed by atoms with Crippen molar-refractivity contribution < 1.29 is 8.42 Å². The summed E-state index contributed by atoms with van der Waals surface area (Å²) < 4.78 is 26.5. The number of sulfonamides is 1. The third-order valence-electron chi connectivity index (χ3n) is 4.09. The highest BCUT2D eigenvalue weighted by Crippen LogP contribution is 2.30. The lowest BCUT2D eigenvalue weighted by atomic mass is 10.3. The predicted octanol–water partition coefficient (Wildman–Crippen LogP) is 0.342. The van der Waals surface area contributed by atoms with Crippen molar-refractivity contribution in [1.82, 2.24) is 14.5 Å². The first kappa shape index (κ1) is 15.2. The van der Waals surface area contributed by atoms with Gasteiger partial charge in [-0.15, -0.1) is 0 Å². The van der Waals surface area contributed by atoms with E-state index < -0.39 is 10.0 Å². The first-order chi connectivity index (χ1) is 9.04. The Kier molecular flexibility index (Phi) is 5.22. The molecule has 0 aromatic heterocycles. The molecule has 1 saturated heterocycles. The zero-order chi connectivity index (χ0) is 13.9. The van der Waals surface area contributed by atoms with Gasteiger partial charge in [-0.3, -0.25) is 0 Å². The number of nitrogens with one attached hydrogen (secondary N) is 1. The maximum absolute atomic E-state index is 12.4. The van der Waals surface area contributed by atoms with Gasteiger partial charge in [-0.25, -0.2) is 8.42 Å². The minimum Gasteiger partial charge on any atom is -0.316 e. The van der Waals surface area contributed by atoms with Gasteiger partial charge in [-0.1, -0.05) is 6.92 Å². The fourth-order valence-electron chi connectivity index (χ4n) is 2.54. The molecule has 0 bridgehead atoms. The SMILES string of the molecule is CCNCC(C)S(=O)(=O)N1CCN(CC2CC2)CC1. The van der Waals surface area contributed by atoms with Crippen LogP contribution >= 0.6 is 0 Å². The normalized spacial score (nSPS) is 24.5. The van der Waals surface area contributed by atoms with E-state index in [4.69, 9.17) is 0 Å². The molecule has 2 fully saturated rings. The second-order valence-electron chi connectivity index (χ2n) is 5.81. The molecule has 1 aliphatic heterocycles. The van der Waals surface area contributed by atoms with Gasteiger partial charge in [0.25, 0.3) is 0 Å². The van der Waals surface area contributed by atoms with Gasteiger partial charge in [-0.2, -0.15) is 4.31 Å². The highest BCUT2D eigenvalue weighted by atomic mass is 32.2. The van der Waals surface area contributed by atoms with Gasteiger partial charge in [0.15, 0.2) is 0 Å². The zero-order valence-corrected chi connectivity index (χ0v) is 13.0. The molecular formula is C13H27N3O2S. The molecule has 1 aliphatic carbocycles. The molecule has 1 atom stereocenters. The second-order valence-corrected chi connectivity index (χ2v) is 8.16. The third-order valence-corrected chi connectivity index (χ3v) is 6.36. The summed E-state index contributed by atoms with van der Waals surface area (Å²) in [5, 5.41) is 2.79. The van der Waals surface area contributed by atoms with Crippen LogP contribution in [0, 0.1) is 5.92 Å². The Bertz CT molecular complexity index is 373. The standard InChI is InChI=1S/C13H27N3O2S/c1-3-14-10-12(2)19(17,18)16-8-6-15(7-9-16)11-13-4-5-13/h12-14H,3-11H2,1-2H3. The summed E-state index contributed by atoms with van der Waals surface area (Å²) in [6.45, 7) is 9.42. The van der Waals surface area contributed by atoms with Crippen LogP contribution in [0.1, 0.15) is 26.7 Å². The van der Waals surface area contributed by atoms with Crippen LogP contribution in [0.4, 0.5) is 0 Å². The first-order valence-corrected chi connectivity index (χ1v) is 8.96. The lowest BCUT2D eigenvalue weighted by molar-refractivity contribution is 0.181. The molecule has 5 nitrogen and oxygen atoms in total. The number of rotatable bonds is 7. The zero-order valence-electron chi connectivity index (χ0n) is 12.1. The topological polar surface area (TPSA) is 52.7 Å². The highest BCUT2D eigenvalue weighted by molar-refractivity contribution is 7.89. The van der Waals surface area contributed by atoms with E-state index in [0.717, 1.165) is 25.6 Å². The summed E-state index contributed by atoms with van der Waals surface area (Å²) in [6, 6.07) is 0. The van der Waals surface area contributed by atoms with Crippen molar-refractivity contribution in [3.8, 4) is 0 Å². The van der Waals surface area contributed by atoms with Gasteiger partial charge in [0.05, 0.1) is 5.25 Å². The van der Waals surface area contributed by atoms with Crippen LogP contribution in [-0.2, 0) is 10.0 Å². The first-order valence-electron chi connectivity index (χ1n) is 7.46. The van der Waals surface area contributed by atoms with Gasteiger partial charge in [0.1, 0.15) is 0 Å². The molecule has 2 aliphatic rings. The van der Waals surface area contributed by atoms with Gasteiger partial charge < -0.3 is 10.2 Å². The van der Waals surface area contributed by atoms with Crippen LogP contribution in [0.5, 0.6) is 0 Å². The maximum atomic E-state index is 12.4. The number of hydrogen-bond acceptors (Lipinski definition) is 4. The summed E-state index contributed by atoms with van der Waals surface area (Å²) in [6.07, 6.45) is 2.72. The molecular weight excluding hydrogens is 262 g/mol. The Morgan fingerprint density at radius 2 is 1.84 bits per heavy atom. The minimum atomic E-state index is -3.13. The van der Waals surface area contributed by atoms with E-state index in [9.17, 15) is 8.42 Å². The van der Waals surface area contributed by atoms with Crippen LogP contribution in [0.3, 0.4) is 0 Å². The van der Waals surface area contributed by atoms with Crippen molar-refractivity contribution in [3.63, 3.8) is 0 Å². The molecule has 0 amide bonds. The van der Waals surface area contributed by atoms with E-state index in [1.54, 1.807) is 11.2 Å². The van der Waals surface area contributed by atoms with Crippen LogP contribution in [0.15, 0.2) is 0 Å². The lowest BCUT2D eigenvalue weighted by Crippen LogP contribution is -2.52. The van der Waals surface area contributed by atoms with E-state index >= 15 is 0 Å². The van der Waals surface area contributed by atoms with Crippen molar-refractivity contribution in [3.05, 3.63) is 0 Å². The van der Waals surface area contributed by atoms with Crippen LogP contribution in [0.25, 0.3) is 0 Å². The molecule has 2 rings (SSSR count). The Hall–Kier alpha value is -0.170. The van der Waals surface area contributed by atoms with E-state index in [2.05, 4.69) is 10.2 Å². The summed E-state index contributed by atoms with van der Waals surface area (Å²) in [7, 11) is -3.13. The number of nitrogens with zero attached hydrogens (tertiary/aromatic N) is 2. The molecule has 0 spiro atoms. The molecule has 1 N–H and O–H groups in total. The fourth-order valence-corrected chi connectivity index (χ4v) is 4.05. The Morgan fingerprint density at radius 3 is 2.37 bits per heavy atom. The molecule has 0 aromatic carbocycles. The summed E-state index contributed by atoms with van der Waals surface area (Å²) in [4.78, 5) is 2.42. The number of hydrogen-bond donors (Lipinski definition) is 1. The van der Waals surface area contributed by atoms with Gasteiger partial charge in [-0.05, 0) is 32.2 Å². The maximum Gasteiger partial charge on any atom is 0.218 e. The number of piperazine rings is 1. The molecule has 0 radical (unpaired) electrons. The highest BCUT2D eigenvalue weighted by Gasteiger charge is 2.32. The van der Waals surface area contributed by atoms with Crippen molar-refractivity contribution in [1.29, 1.82) is 0 Å². The van der Waals surface area contributed by atoms with Crippen molar-refractivity contribution >= 4 is 10.0 Å². The van der Waals surface area contributed by atoms with E-state index in [0.29, 0.717) is 19.6 Å². The van der Waals surface area contributed by atoms with Gasteiger partial charge >= 0.3 is 0 Å². The van der Waals surface area contributed by atoms with Crippen molar-refractivity contribution in [2.24, 2.45) is 5.92 Å². The summed E-state index contributed by atoms with van der Waals surface area (Å²) in [5.41, 5.74) is 0. The molecule has 1 unspecified atom stereocenters. The molecule has 1 heterocycles. The van der Waals surface area contributed by atoms with Gasteiger partial charge in [0, 0.05) is 39.3 Å². The smallest absolute Gasteiger partial charge is 0.218 e. The minimum absolute atomic E-state index is 0.331. The monoisotopic (exact) mass is 289 g/mol. The second kappa shape index (κ2) is 6.52. The van der Waals surface area contributed by atoms with Gasteiger partial charge in [0.2, 0.25) is 10.0 Å². The van der Waals surface area contributed by atoms with Crippen molar-refractivity contribution in [2.45, 2.75) is 31.9 Å². The molecule has 19 heavy (non-hydrogen) atoms. The summed E-state index contributed by atoms with van der Waals surface area (Å²) >= 11 is 0. The largest absolute Gasteiger partial charge is 0.316 e.